The maximum Gasteiger partial charge on any atom is 0.176 e. The topological polar surface area (TPSA) is 62.0 Å². The molecule has 1 heterocycles. The van der Waals surface area contributed by atoms with E-state index >= 15 is 0 Å². The summed E-state index contributed by atoms with van der Waals surface area (Å²) in [5.74, 6) is 1.47. The first-order valence-electron chi connectivity index (χ1n) is 5.00. The van der Waals surface area contributed by atoms with Crippen molar-refractivity contribution in [3.63, 3.8) is 0 Å². The molecule has 0 amide bonds. The molecule has 1 aromatic carbocycles. The normalized spacial score (nSPS) is 9.71. The number of rotatable bonds is 3. The van der Waals surface area contributed by atoms with Gasteiger partial charge >= 0.3 is 0 Å². The van der Waals surface area contributed by atoms with Crippen LogP contribution in [0.15, 0.2) is 36.5 Å². The summed E-state index contributed by atoms with van der Waals surface area (Å²) in [6.45, 7) is 0. The molecule has 88 valence electrons. The maximum atomic E-state index is 5.21. The molecule has 0 radical (unpaired) electrons. The first-order chi connectivity index (χ1) is 8.29. The van der Waals surface area contributed by atoms with Gasteiger partial charge < -0.3 is 15.4 Å². The lowest BCUT2D eigenvalue weighted by molar-refractivity contribution is 0.417. The molecule has 1 aromatic heterocycles. The summed E-state index contributed by atoms with van der Waals surface area (Å²) in [6.07, 6.45) is 1.65. The van der Waals surface area contributed by atoms with Crippen molar-refractivity contribution >= 4 is 28.8 Å². The van der Waals surface area contributed by atoms with Crippen molar-refractivity contribution in [1.29, 1.82) is 0 Å². The summed E-state index contributed by atoms with van der Waals surface area (Å²) in [7, 11) is 1.62. The monoisotopic (exact) mass is 248 g/mol. The van der Waals surface area contributed by atoms with Crippen molar-refractivity contribution in [1.82, 2.24) is 10.2 Å². The van der Waals surface area contributed by atoms with Gasteiger partial charge in [-0.25, -0.2) is 0 Å². The fourth-order valence-electron chi connectivity index (χ4n) is 1.35. The molecule has 0 unspecified atom stereocenters. The van der Waals surface area contributed by atoms with Gasteiger partial charge in [-0.05, 0) is 24.4 Å². The number of H-pyrrole nitrogens is 1. The third kappa shape index (κ3) is 2.94. The van der Waals surface area contributed by atoms with Crippen LogP contribution in [0.5, 0.6) is 5.75 Å². The summed E-state index contributed by atoms with van der Waals surface area (Å²) >= 11 is 5.17. The Morgan fingerprint density at radius 2 is 2.12 bits per heavy atom. The number of anilines is 2. The zero-order valence-corrected chi connectivity index (χ0v) is 10.0. The van der Waals surface area contributed by atoms with Crippen LogP contribution in [0, 0.1) is 0 Å². The lowest BCUT2D eigenvalue weighted by atomic mass is 10.3. The van der Waals surface area contributed by atoms with E-state index in [4.69, 9.17) is 17.0 Å². The Morgan fingerprint density at radius 3 is 2.82 bits per heavy atom. The summed E-state index contributed by atoms with van der Waals surface area (Å²) in [5, 5.41) is 13.1. The molecule has 0 aliphatic heterocycles. The Morgan fingerprint density at radius 1 is 1.29 bits per heavy atom. The van der Waals surface area contributed by atoms with Gasteiger partial charge in [-0.15, -0.1) is 0 Å². The highest BCUT2D eigenvalue weighted by Gasteiger charge is 2.04. The molecule has 0 fully saturated rings. The van der Waals surface area contributed by atoms with E-state index in [0.29, 0.717) is 5.11 Å². The Hall–Kier alpha value is -2.08. The quantitative estimate of drug-likeness (QED) is 0.727. The lowest BCUT2D eigenvalue weighted by Gasteiger charge is -2.11. The van der Waals surface area contributed by atoms with E-state index in [2.05, 4.69) is 20.8 Å². The van der Waals surface area contributed by atoms with Crippen LogP contribution in [0.2, 0.25) is 0 Å². The van der Waals surface area contributed by atoms with Crippen LogP contribution in [0.3, 0.4) is 0 Å². The second-order valence-electron chi connectivity index (χ2n) is 3.25. The Kier molecular flexibility index (Phi) is 3.56. The number of nitrogens with one attached hydrogen (secondary N) is 3. The van der Waals surface area contributed by atoms with E-state index in [1.807, 2.05) is 24.3 Å². The third-order valence-electron chi connectivity index (χ3n) is 2.10. The molecule has 0 atom stereocenters. The summed E-state index contributed by atoms with van der Waals surface area (Å²) in [6, 6.07) is 9.34. The number of methoxy groups -OCH3 is 1. The van der Waals surface area contributed by atoms with Crippen molar-refractivity contribution in [2.75, 3.05) is 17.7 Å². The number of hydrogen-bond donors (Lipinski definition) is 3. The van der Waals surface area contributed by atoms with E-state index in [9.17, 15) is 0 Å². The molecule has 5 nitrogen and oxygen atoms in total. The fraction of sp³-hybridized carbons (Fsp3) is 0.0909. The Bertz CT molecular complexity index is 498. The first kappa shape index (κ1) is 11.4. The number of para-hydroxylation sites is 2. The van der Waals surface area contributed by atoms with E-state index in [0.717, 1.165) is 17.3 Å². The zero-order chi connectivity index (χ0) is 12.1. The molecule has 3 N–H and O–H groups in total. The SMILES string of the molecule is COc1ccccc1NC(=S)Nc1ccn[nH]1. The number of aromatic nitrogens is 2. The molecule has 0 saturated heterocycles. The largest absolute Gasteiger partial charge is 0.495 e. The van der Waals surface area contributed by atoms with Gasteiger partial charge in [0, 0.05) is 6.07 Å². The smallest absolute Gasteiger partial charge is 0.176 e. The van der Waals surface area contributed by atoms with Gasteiger partial charge in [0.2, 0.25) is 0 Å². The summed E-state index contributed by atoms with van der Waals surface area (Å²) in [5.41, 5.74) is 0.812. The van der Waals surface area contributed by atoms with Gasteiger partial charge in [0.15, 0.2) is 5.11 Å². The van der Waals surface area contributed by atoms with Crippen molar-refractivity contribution in [3.05, 3.63) is 36.5 Å². The molecule has 0 spiro atoms. The Balaban J connectivity index is 2.03. The van der Waals surface area contributed by atoms with E-state index in [1.165, 1.54) is 0 Å². The molecule has 17 heavy (non-hydrogen) atoms. The standard InChI is InChI=1S/C11H12N4OS/c1-16-9-5-3-2-4-8(9)13-11(17)14-10-6-7-12-15-10/h2-7H,1H3,(H3,12,13,14,15,17). The third-order valence-corrected chi connectivity index (χ3v) is 2.31. The van der Waals surface area contributed by atoms with Crippen molar-refractivity contribution < 1.29 is 4.74 Å². The molecule has 2 rings (SSSR count). The number of benzene rings is 1. The van der Waals surface area contributed by atoms with Crippen molar-refractivity contribution in [2.45, 2.75) is 0 Å². The van der Waals surface area contributed by atoms with Gasteiger partial charge in [-0.3, -0.25) is 5.10 Å². The van der Waals surface area contributed by atoms with Crippen molar-refractivity contribution in [3.8, 4) is 5.75 Å². The molecule has 0 saturated carbocycles. The van der Waals surface area contributed by atoms with Gasteiger partial charge in [0.05, 0.1) is 19.0 Å². The molecule has 0 aliphatic rings. The average Bonchev–Trinajstić information content (AvgIpc) is 2.82. The van der Waals surface area contributed by atoms with Gasteiger partial charge in [0.25, 0.3) is 0 Å². The highest BCUT2D eigenvalue weighted by molar-refractivity contribution is 7.80. The molecular formula is C11H12N4OS. The van der Waals surface area contributed by atoms with Gasteiger partial charge in [-0.2, -0.15) is 5.10 Å². The minimum Gasteiger partial charge on any atom is -0.495 e. The molecular weight excluding hydrogens is 236 g/mol. The van der Waals surface area contributed by atoms with E-state index in [-0.39, 0.29) is 0 Å². The average molecular weight is 248 g/mol. The van der Waals surface area contributed by atoms with Crippen LogP contribution in [0.4, 0.5) is 11.5 Å². The predicted molar refractivity (Wildman–Crippen MR) is 71.4 cm³/mol. The minimum atomic E-state index is 0.471. The van der Waals surface area contributed by atoms with Crippen LogP contribution >= 0.6 is 12.2 Å². The maximum absolute atomic E-state index is 5.21. The summed E-state index contributed by atoms with van der Waals surface area (Å²) < 4.78 is 5.21. The number of aromatic amines is 1. The van der Waals surface area contributed by atoms with Crippen LogP contribution in [0.25, 0.3) is 0 Å². The number of ether oxygens (including phenoxy) is 1. The van der Waals surface area contributed by atoms with Crippen LogP contribution in [-0.4, -0.2) is 22.4 Å². The van der Waals surface area contributed by atoms with E-state index in [1.54, 1.807) is 19.4 Å². The van der Waals surface area contributed by atoms with Crippen LogP contribution < -0.4 is 15.4 Å². The van der Waals surface area contributed by atoms with Crippen LogP contribution in [-0.2, 0) is 0 Å². The second-order valence-corrected chi connectivity index (χ2v) is 3.66. The molecule has 0 aliphatic carbocycles. The van der Waals surface area contributed by atoms with Crippen LogP contribution in [0.1, 0.15) is 0 Å². The minimum absolute atomic E-state index is 0.471. The lowest BCUT2D eigenvalue weighted by Crippen LogP contribution is -2.19. The second kappa shape index (κ2) is 5.31. The number of nitrogens with zero attached hydrogens (tertiary/aromatic N) is 1. The zero-order valence-electron chi connectivity index (χ0n) is 9.23. The Labute approximate surface area is 104 Å². The molecule has 2 aromatic rings. The number of hydrogen-bond acceptors (Lipinski definition) is 3. The fourth-order valence-corrected chi connectivity index (χ4v) is 1.57. The van der Waals surface area contributed by atoms with Crippen molar-refractivity contribution in [2.24, 2.45) is 0 Å². The molecule has 6 heteroatoms. The molecule has 0 bridgehead atoms. The predicted octanol–water partition coefficient (Wildman–Crippen LogP) is 2.23. The number of thiocarbonyl (C=S) groups is 1. The van der Waals surface area contributed by atoms with E-state index < -0.39 is 0 Å². The first-order valence-corrected chi connectivity index (χ1v) is 5.41. The highest BCUT2D eigenvalue weighted by Crippen LogP contribution is 2.23. The van der Waals surface area contributed by atoms with Gasteiger partial charge in [0.1, 0.15) is 11.6 Å². The highest BCUT2D eigenvalue weighted by atomic mass is 32.1. The van der Waals surface area contributed by atoms with Gasteiger partial charge in [-0.1, -0.05) is 12.1 Å². The summed E-state index contributed by atoms with van der Waals surface area (Å²) in [4.78, 5) is 0.